The molecule has 1 rings (SSSR count). The fourth-order valence-corrected chi connectivity index (χ4v) is 2.29. The highest BCUT2D eigenvalue weighted by Gasteiger charge is 2.06. The van der Waals surface area contributed by atoms with Crippen molar-refractivity contribution >= 4 is 17.3 Å². The van der Waals surface area contributed by atoms with Gasteiger partial charge in [0.1, 0.15) is 5.01 Å². The van der Waals surface area contributed by atoms with Gasteiger partial charge in [-0.3, -0.25) is 0 Å². The maximum Gasteiger partial charge on any atom is 0.195 e. The van der Waals surface area contributed by atoms with Crippen LogP contribution in [0.5, 0.6) is 0 Å². The van der Waals surface area contributed by atoms with Gasteiger partial charge in [-0.15, -0.1) is 11.3 Å². The third kappa shape index (κ3) is 3.20. The molecular formula is C11H20N4S. The monoisotopic (exact) mass is 240 g/mol. The molecule has 0 amide bonds. The van der Waals surface area contributed by atoms with Gasteiger partial charge in [-0.05, 0) is 13.8 Å². The summed E-state index contributed by atoms with van der Waals surface area (Å²) in [7, 11) is 7.99. The highest BCUT2D eigenvalue weighted by atomic mass is 32.1. The smallest absolute Gasteiger partial charge is 0.195 e. The summed E-state index contributed by atoms with van der Waals surface area (Å²) in [6, 6.07) is 0. The van der Waals surface area contributed by atoms with E-state index in [0.717, 1.165) is 16.7 Å². The van der Waals surface area contributed by atoms with Crippen molar-refractivity contribution in [2.45, 2.75) is 20.4 Å². The minimum atomic E-state index is 0.658. The summed E-state index contributed by atoms with van der Waals surface area (Å²) in [6.45, 7) is 4.79. The molecule has 0 N–H and O–H groups in total. The Morgan fingerprint density at radius 3 is 2.12 bits per heavy atom. The lowest BCUT2D eigenvalue weighted by Gasteiger charge is -2.22. The van der Waals surface area contributed by atoms with Crippen LogP contribution in [0.15, 0.2) is 4.99 Å². The molecule has 1 heterocycles. The van der Waals surface area contributed by atoms with Crippen LogP contribution >= 0.6 is 11.3 Å². The van der Waals surface area contributed by atoms with Gasteiger partial charge in [0.05, 0.1) is 12.2 Å². The molecule has 16 heavy (non-hydrogen) atoms. The normalized spacial score (nSPS) is 10.1. The molecule has 90 valence electrons. The van der Waals surface area contributed by atoms with E-state index in [4.69, 9.17) is 0 Å². The van der Waals surface area contributed by atoms with E-state index in [1.807, 2.05) is 44.9 Å². The van der Waals surface area contributed by atoms with Crippen LogP contribution in [0.3, 0.4) is 0 Å². The van der Waals surface area contributed by atoms with Crippen molar-refractivity contribution in [2.24, 2.45) is 4.99 Å². The second kappa shape index (κ2) is 5.30. The zero-order chi connectivity index (χ0) is 12.3. The molecule has 1 aromatic heterocycles. The van der Waals surface area contributed by atoms with Crippen molar-refractivity contribution < 1.29 is 0 Å². The average molecular weight is 240 g/mol. The lowest BCUT2D eigenvalue weighted by atomic mass is 10.4. The van der Waals surface area contributed by atoms with Gasteiger partial charge in [0.2, 0.25) is 0 Å². The van der Waals surface area contributed by atoms with E-state index in [9.17, 15) is 0 Å². The fourth-order valence-electron chi connectivity index (χ4n) is 1.43. The third-order valence-corrected chi connectivity index (χ3v) is 3.29. The second-order valence-electron chi connectivity index (χ2n) is 4.15. The fraction of sp³-hybridized carbons (Fsp3) is 0.636. The van der Waals surface area contributed by atoms with Crippen LogP contribution in [0, 0.1) is 13.8 Å². The van der Waals surface area contributed by atoms with Crippen LogP contribution in [0.25, 0.3) is 0 Å². The Bertz CT molecular complexity index is 350. The number of aliphatic imine (C=N–C) groups is 1. The lowest BCUT2D eigenvalue weighted by molar-refractivity contribution is 0.479. The SMILES string of the molecule is Cc1nc(CN=C(N(C)C)N(C)C)sc1C. The molecule has 0 atom stereocenters. The Morgan fingerprint density at radius 2 is 1.75 bits per heavy atom. The first-order valence-corrected chi connectivity index (χ1v) is 6.05. The number of rotatable bonds is 2. The first-order valence-electron chi connectivity index (χ1n) is 5.23. The summed E-state index contributed by atoms with van der Waals surface area (Å²) >= 11 is 1.72. The van der Waals surface area contributed by atoms with Crippen LogP contribution in [0.1, 0.15) is 15.6 Å². The Kier molecular flexibility index (Phi) is 4.29. The molecule has 0 spiro atoms. The van der Waals surface area contributed by atoms with Gasteiger partial charge in [0.15, 0.2) is 5.96 Å². The van der Waals surface area contributed by atoms with Crippen molar-refractivity contribution in [1.82, 2.24) is 14.8 Å². The van der Waals surface area contributed by atoms with Crippen molar-refractivity contribution in [1.29, 1.82) is 0 Å². The minimum absolute atomic E-state index is 0.658. The topological polar surface area (TPSA) is 31.7 Å². The van der Waals surface area contributed by atoms with Crippen LogP contribution < -0.4 is 0 Å². The molecule has 0 unspecified atom stereocenters. The van der Waals surface area contributed by atoms with Crippen molar-refractivity contribution in [2.75, 3.05) is 28.2 Å². The first kappa shape index (κ1) is 13.0. The maximum atomic E-state index is 4.56. The molecule has 0 saturated heterocycles. The van der Waals surface area contributed by atoms with Crippen LogP contribution in [-0.2, 0) is 6.54 Å². The number of hydrogen-bond donors (Lipinski definition) is 0. The van der Waals surface area contributed by atoms with Crippen LogP contribution in [0.2, 0.25) is 0 Å². The summed E-state index contributed by atoms with van der Waals surface area (Å²) in [4.78, 5) is 14.3. The van der Waals surface area contributed by atoms with Crippen LogP contribution in [-0.4, -0.2) is 48.9 Å². The average Bonchev–Trinajstić information content (AvgIpc) is 2.45. The largest absolute Gasteiger partial charge is 0.349 e. The number of nitrogens with zero attached hydrogens (tertiary/aromatic N) is 4. The molecule has 0 aliphatic carbocycles. The second-order valence-corrected chi connectivity index (χ2v) is 5.44. The predicted octanol–water partition coefficient (Wildman–Crippen LogP) is 1.74. The third-order valence-electron chi connectivity index (χ3n) is 2.23. The maximum absolute atomic E-state index is 4.56. The van der Waals surface area contributed by atoms with E-state index in [1.165, 1.54) is 4.88 Å². The first-order chi connectivity index (χ1) is 7.41. The van der Waals surface area contributed by atoms with Gasteiger partial charge in [0, 0.05) is 33.1 Å². The highest BCUT2D eigenvalue weighted by molar-refractivity contribution is 7.11. The minimum Gasteiger partial charge on any atom is -0.349 e. The Morgan fingerprint density at radius 1 is 1.19 bits per heavy atom. The Hall–Kier alpha value is -1.10. The molecule has 5 heteroatoms. The van der Waals surface area contributed by atoms with Crippen LogP contribution in [0.4, 0.5) is 0 Å². The molecule has 4 nitrogen and oxygen atoms in total. The zero-order valence-corrected chi connectivity index (χ0v) is 11.7. The van der Waals surface area contributed by atoms with E-state index in [0.29, 0.717) is 6.54 Å². The van der Waals surface area contributed by atoms with Gasteiger partial charge in [-0.25, -0.2) is 9.98 Å². The molecule has 0 aliphatic rings. The van der Waals surface area contributed by atoms with E-state index >= 15 is 0 Å². The van der Waals surface area contributed by atoms with Gasteiger partial charge in [-0.2, -0.15) is 0 Å². The lowest BCUT2D eigenvalue weighted by Crippen LogP contribution is -2.35. The predicted molar refractivity (Wildman–Crippen MR) is 70.1 cm³/mol. The molecule has 0 saturated carbocycles. The quantitative estimate of drug-likeness (QED) is 0.583. The van der Waals surface area contributed by atoms with Crippen molar-refractivity contribution in [3.63, 3.8) is 0 Å². The van der Waals surface area contributed by atoms with Crippen molar-refractivity contribution in [3.05, 3.63) is 15.6 Å². The van der Waals surface area contributed by atoms with Gasteiger partial charge in [0.25, 0.3) is 0 Å². The molecule has 1 aromatic rings. The number of guanidine groups is 1. The van der Waals surface area contributed by atoms with Gasteiger partial charge in [-0.1, -0.05) is 0 Å². The molecule has 0 bridgehead atoms. The van der Waals surface area contributed by atoms with E-state index in [-0.39, 0.29) is 0 Å². The summed E-state index contributed by atoms with van der Waals surface area (Å²) in [5, 5.41) is 1.08. The highest BCUT2D eigenvalue weighted by Crippen LogP contribution is 2.17. The van der Waals surface area contributed by atoms with E-state index in [1.54, 1.807) is 11.3 Å². The number of hydrogen-bond acceptors (Lipinski definition) is 3. The number of aryl methyl sites for hydroxylation is 2. The zero-order valence-electron chi connectivity index (χ0n) is 10.9. The molecule has 0 aliphatic heterocycles. The molecule has 0 aromatic carbocycles. The molecule has 0 radical (unpaired) electrons. The summed E-state index contributed by atoms with van der Waals surface area (Å²) in [6.07, 6.45) is 0. The summed E-state index contributed by atoms with van der Waals surface area (Å²) in [5.74, 6) is 0.963. The Balaban J connectivity index is 2.77. The summed E-state index contributed by atoms with van der Waals surface area (Å²) < 4.78 is 0. The summed E-state index contributed by atoms with van der Waals surface area (Å²) in [5.41, 5.74) is 1.12. The number of aromatic nitrogens is 1. The number of thiazole rings is 1. The Labute approximate surface area is 102 Å². The van der Waals surface area contributed by atoms with Gasteiger partial charge < -0.3 is 9.80 Å². The molecule has 0 fully saturated rings. The van der Waals surface area contributed by atoms with E-state index in [2.05, 4.69) is 16.9 Å². The van der Waals surface area contributed by atoms with Crippen molar-refractivity contribution in [3.8, 4) is 0 Å². The van der Waals surface area contributed by atoms with Gasteiger partial charge >= 0.3 is 0 Å². The molecular weight excluding hydrogens is 220 g/mol. The van der Waals surface area contributed by atoms with E-state index < -0.39 is 0 Å². The standard InChI is InChI=1S/C11H20N4S/c1-8-9(2)16-10(13-8)7-12-11(14(3)4)15(5)6/h7H2,1-6H3.